The highest BCUT2D eigenvalue weighted by Crippen LogP contribution is 2.21. The lowest BCUT2D eigenvalue weighted by Crippen LogP contribution is -2.30. The summed E-state index contributed by atoms with van der Waals surface area (Å²) in [5.74, 6) is -2.26. The zero-order valence-corrected chi connectivity index (χ0v) is 23.0. The van der Waals surface area contributed by atoms with Crippen LogP contribution < -0.4 is 14.2 Å². The van der Waals surface area contributed by atoms with Crippen LogP contribution in [-0.4, -0.2) is 42.6 Å². The van der Waals surface area contributed by atoms with Crippen LogP contribution in [0, 0.1) is 0 Å². The third kappa shape index (κ3) is 12.3. The molecule has 0 saturated carbocycles. The van der Waals surface area contributed by atoms with E-state index in [-0.39, 0.29) is 30.1 Å². The van der Waals surface area contributed by atoms with Crippen molar-refractivity contribution in [3.05, 3.63) is 79.4 Å². The van der Waals surface area contributed by atoms with Gasteiger partial charge in [0, 0.05) is 18.6 Å². The Labute approximate surface area is 238 Å². The van der Waals surface area contributed by atoms with Gasteiger partial charge in [0.25, 0.3) is 0 Å². The minimum atomic E-state index is -1.06. The summed E-state index contributed by atoms with van der Waals surface area (Å²) in [6, 6.07) is 11.7. The summed E-state index contributed by atoms with van der Waals surface area (Å²) >= 11 is 0. The Bertz CT molecular complexity index is 1200. The molecule has 0 N–H and O–H groups in total. The van der Waals surface area contributed by atoms with Crippen LogP contribution in [0.4, 0.5) is 0 Å². The second-order valence-electron chi connectivity index (χ2n) is 8.73. The predicted octanol–water partition coefficient (Wildman–Crippen LogP) is 5.29. The van der Waals surface area contributed by atoms with Crippen molar-refractivity contribution >= 4 is 29.8 Å². The largest absolute Gasteiger partial charge is 0.463 e. The van der Waals surface area contributed by atoms with Crippen molar-refractivity contribution in [2.75, 3.05) is 6.61 Å². The van der Waals surface area contributed by atoms with E-state index in [0.29, 0.717) is 37.9 Å². The van der Waals surface area contributed by atoms with E-state index < -0.39 is 36.0 Å². The van der Waals surface area contributed by atoms with Crippen LogP contribution in [-0.2, 0) is 28.7 Å². The van der Waals surface area contributed by atoms with Crippen molar-refractivity contribution in [3.63, 3.8) is 0 Å². The predicted molar refractivity (Wildman–Crippen MR) is 148 cm³/mol. The molecule has 2 aromatic carbocycles. The van der Waals surface area contributed by atoms with Gasteiger partial charge in [0.1, 0.15) is 17.2 Å². The first-order valence-electron chi connectivity index (χ1n) is 13.2. The molecule has 10 heteroatoms. The summed E-state index contributed by atoms with van der Waals surface area (Å²) in [4.78, 5) is 59.5. The van der Waals surface area contributed by atoms with E-state index in [9.17, 15) is 24.0 Å². The van der Waals surface area contributed by atoms with E-state index in [1.807, 2.05) is 6.92 Å². The summed E-state index contributed by atoms with van der Waals surface area (Å²) in [6.45, 7) is 8.86. The average Bonchev–Trinajstić information content (AvgIpc) is 2.97. The molecule has 0 bridgehead atoms. The first kappa shape index (κ1) is 32.5. The fourth-order valence-corrected chi connectivity index (χ4v) is 3.35. The molecule has 0 fully saturated rings. The Hall–Kier alpha value is -4.73. The Morgan fingerprint density at radius 3 is 1.93 bits per heavy atom. The molecule has 0 aliphatic heterocycles. The van der Waals surface area contributed by atoms with Gasteiger partial charge in [0.05, 0.1) is 12.2 Å². The molecule has 0 spiro atoms. The van der Waals surface area contributed by atoms with Crippen molar-refractivity contribution in [1.29, 1.82) is 0 Å². The van der Waals surface area contributed by atoms with Gasteiger partial charge < -0.3 is 23.7 Å². The highest BCUT2D eigenvalue weighted by molar-refractivity contribution is 5.91. The van der Waals surface area contributed by atoms with E-state index in [1.165, 1.54) is 48.5 Å². The van der Waals surface area contributed by atoms with Crippen LogP contribution in [0.1, 0.15) is 62.2 Å². The van der Waals surface area contributed by atoms with Gasteiger partial charge in [-0.25, -0.2) is 19.2 Å². The molecule has 0 saturated heterocycles. The highest BCUT2D eigenvalue weighted by Gasteiger charge is 2.24. The van der Waals surface area contributed by atoms with Crippen LogP contribution in [0.3, 0.4) is 0 Å². The molecule has 0 aliphatic rings. The van der Waals surface area contributed by atoms with Crippen LogP contribution in [0.2, 0.25) is 0 Å². The van der Waals surface area contributed by atoms with Crippen molar-refractivity contribution in [3.8, 4) is 17.2 Å². The van der Waals surface area contributed by atoms with E-state index in [4.69, 9.17) is 23.7 Å². The summed E-state index contributed by atoms with van der Waals surface area (Å²) in [7, 11) is 0. The Morgan fingerprint density at radius 2 is 1.32 bits per heavy atom. The second-order valence-corrected chi connectivity index (χ2v) is 8.73. The number of carbonyl (C=O) groups excluding carboxylic acids is 5. The van der Waals surface area contributed by atoms with Gasteiger partial charge in [0.15, 0.2) is 6.10 Å². The highest BCUT2D eigenvalue weighted by atomic mass is 16.6. The third-order valence-corrected chi connectivity index (χ3v) is 5.52. The summed E-state index contributed by atoms with van der Waals surface area (Å²) in [5.41, 5.74) is 0.208. The zero-order chi connectivity index (χ0) is 30.0. The fourth-order valence-electron chi connectivity index (χ4n) is 3.35. The van der Waals surface area contributed by atoms with Crippen molar-refractivity contribution in [2.24, 2.45) is 0 Å². The molecule has 1 unspecified atom stereocenters. The standard InChI is InChI=1S/C31H34O10/c1-4-7-11-26(41-28(33)6-3)31(36)40-24-15-13-22(14-16-24)30(35)39-25-19-17-23(18-20-25)38-29(34)12-9-8-10-21-37-27(32)5-2/h5-6,13-20,26H,2-4,7-12,21H2,1H3. The number of hydrogen-bond donors (Lipinski definition) is 0. The number of esters is 5. The minimum absolute atomic E-state index is 0.171. The van der Waals surface area contributed by atoms with Crippen molar-refractivity contribution in [2.45, 2.75) is 58.0 Å². The fraction of sp³-hybridized carbons (Fsp3) is 0.323. The lowest BCUT2D eigenvalue weighted by Gasteiger charge is -2.15. The Balaban J connectivity index is 1.81. The normalized spacial score (nSPS) is 11.0. The van der Waals surface area contributed by atoms with Gasteiger partial charge >= 0.3 is 29.8 Å². The zero-order valence-electron chi connectivity index (χ0n) is 23.0. The Morgan fingerprint density at radius 1 is 0.732 bits per heavy atom. The van der Waals surface area contributed by atoms with E-state index >= 15 is 0 Å². The quantitative estimate of drug-likeness (QED) is 0.108. The van der Waals surface area contributed by atoms with E-state index in [2.05, 4.69) is 13.2 Å². The van der Waals surface area contributed by atoms with Gasteiger partial charge in [-0.1, -0.05) is 26.5 Å². The molecular weight excluding hydrogens is 532 g/mol. The maximum Gasteiger partial charge on any atom is 0.352 e. The molecule has 0 aromatic heterocycles. The number of carbonyl (C=O) groups is 5. The maximum atomic E-state index is 12.5. The number of ether oxygens (including phenoxy) is 5. The first-order valence-corrected chi connectivity index (χ1v) is 13.2. The summed E-state index contributed by atoms with van der Waals surface area (Å²) in [6.07, 6.45) is 4.91. The minimum Gasteiger partial charge on any atom is -0.463 e. The van der Waals surface area contributed by atoms with E-state index in [0.717, 1.165) is 18.6 Å². The van der Waals surface area contributed by atoms with Gasteiger partial charge in [-0.05, 0) is 80.6 Å². The monoisotopic (exact) mass is 566 g/mol. The SMILES string of the molecule is C=CC(=O)OCCCCCC(=O)Oc1ccc(OC(=O)c2ccc(OC(=O)C(CCCC)OC(=O)C=C)cc2)cc1. The van der Waals surface area contributed by atoms with Gasteiger partial charge in [-0.15, -0.1) is 0 Å². The lowest BCUT2D eigenvalue weighted by molar-refractivity contribution is -0.159. The number of benzene rings is 2. The molecule has 2 rings (SSSR count). The van der Waals surface area contributed by atoms with Crippen LogP contribution in [0.5, 0.6) is 17.2 Å². The second kappa shape index (κ2) is 17.8. The van der Waals surface area contributed by atoms with Gasteiger partial charge in [-0.2, -0.15) is 0 Å². The third-order valence-electron chi connectivity index (χ3n) is 5.52. The Kier molecular flexibility index (Phi) is 14.1. The molecule has 1 atom stereocenters. The maximum absolute atomic E-state index is 12.5. The summed E-state index contributed by atoms with van der Waals surface area (Å²) in [5, 5.41) is 0. The first-order chi connectivity index (χ1) is 19.7. The van der Waals surface area contributed by atoms with Crippen molar-refractivity contribution in [1.82, 2.24) is 0 Å². The average molecular weight is 567 g/mol. The molecule has 0 radical (unpaired) electrons. The smallest absolute Gasteiger partial charge is 0.352 e. The van der Waals surface area contributed by atoms with E-state index in [1.54, 1.807) is 0 Å². The van der Waals surface area contributed by atoms with Crippen LogP contribution in [0.25, 0.3) is 0 Å². The van der Waals surface area contributed by atoms with Gasteiger partial charge in [-0.3, -0.25) is 4.79 Å². The lowest BCUT2D eigenvalue weighted by atomic mass is 10.1. The molecular formula is C31H34O10. The molecule has 0 aliphatic carbocycles. The number of hydrogen-bond acceptors (Lipinski definition) is 10. The van der Waals surface area contributed by atoms with Gasteiger partial charge in [0.2, 0.25) is 0 Å². The number of rotatable bonds is 17. The van der Waals surface area contributed by atoms with Crippen molar-refractivity contribution < 1.29 is 47.7 Å². The molecule has 41 heavy (non-hydrogen) atoms. The molecule has 10 nitrogen and oxygen atoms in total. The molecule has 2 aromatic rings. The summed E-state index contributed by atoms with van der Waals surface area (Å²) < 4.78 is 25.9. The van der Waals surface area contributed by atoms with Crippen LogP contribution >= 0.6 is 0 Å². The molecule has 0 amide bonds. The number of unbranched alkanes of at least 4 members (excludes halogenated alkanes) is 3. The van der Waals surface area contributed by atoms with Crippen LogP contribution in [0.15, 0.2) is 73.8 Å². The molecule has 218 valence electrons. The topological polar surface area (TPSA) is 132 Å². The molecule has 0 heterocycles.